The van der Waals surface area contributed by atoms with Crippen LogP contribution < -0.4 is 10.5 Å². The normalized spacial score (nSPS) is 11.3. The maximum absolute atomic E-state index is 13.6. The van der Waals surface area contributed by atoms with E-state index in [9.17, 15) is 12.8 Å². The molecule has 0 bridgehead atoms. The van der Waals surface area contributed by atoms with Gasteiger partial charge in [-0.1, -0.05) is 23.7 Å². The first-order valence-corrected chi connectivity index (χ1v) is 7.08. The van der Waals surface area contributed by atoms with Gasteiger partial charge in [-0.05, 0) is 30.3 Å². The lowest BCUT2D eigenvalue weighted by atomic mass is 10.3. The number of rotatable bonds is 3. The second-order valence-corrected chi connectivity index (χ2v) is 5.87. The van der Waals surface area contributed by atoms with Crippen molar-refractivity contribution in [2.45, 2.75) is 4.90 Å². The predicted octanol–water partition coefficient (Wildman–Crippen LogP) is 2.86. The average molecular weight is 301 g/mol. The molecule has 7 heteroatoms. The van der Waals surface area contributed by atoms with Crippen LogP contribution in [0.2, 0.25) is 5.02 Å². The van der Waals surface area contributed by atoms with E-state index in [1.165, 1.54) is 36.4 Å². The van der Waals surface area contributed by atoms with E-state index in [1.807, 2.05) is 0 Å². The van der Waals surface area contributed by atoms with E-state index in [4.69, 9.17) is 17.3 Å². The molecule has 2 rings (SSSR count). The van der Waals surface area contributed by atoms with Gasteiger partial charge >= 0.3 is 0 Å². The summed E-state index contributed by atoms with van der Waals surface area (Å²) >= 11 is 5.58. The summed E-state index contributed by atoms with van der Waals surface area (Å²) in [5.41, 5.74) is 5.60. The molecular formula is C12H10ClFN2O2S. The molecule has 2 aromatic carbocycles. The van der Waals surface area contributed by atoms with Gasteiger partial charge < -0.3 is 5.73 Å². The van der Waals surface area contributed by atoms with Crippen LogP contribution in [-0.2, 0) is 10.0 Å². The Kier molecular flexibility index (Phi) is 3.64. The van der Waals surface area contributed by atoms with Crippen molar-refractivity contribution in [2.24, 2.45) is 0 Å². The van der Waals surface area contributed by atoms with Gasteiger partial charge in [0.2, 0.25) is 0 Å². The number of benzene rings is 2. The summed E-state index contributed by atoms with van der Waals surface area (Å²) in [6, 6.07) is 9.76. The molecule has 0 atom stereocenters. The largest absolute Gasteiger partial charge is 0.399 e. The fraction of sp³-hybridized carbons (Fsp3) is 0. The van der Waals surface area contributed by atoms with E-state index in [1.54, 1.807) is 6.07 Å². The lowest BCUT2D eigenvalue weighted by Crippen LogP contribution is -2.14. The molecule has 0 unspecified atom stereocenters. The number of halogens is 2. The van der Waals surface area contributed by atoms with E-state index in [0.717, 1.165) is 0 Å². The Morgan fingerprint density at radius 3 is 2.53 bits per heavy atom. The summed E-state index contributed by atoms with van der Waals surface area (Å²) in [6.07, 6.45) is 0. The van der Waals surface area contributed by atoms with Gasteiger partial charge in [-0.3, -0.25) is 4.72 Å². The van der Waals surface area contributed by atoms with Crippen LogP contribution in [0.4, 0.5) is 15.8 Å². The zero-order valence-corrected chi connectivity index (χ0v) is 11.2. The van der Waals surface area contributed by atoms with Gasteiger partial charge in [0.25, 0.3) is 10.0 Å². The molecule has 0 saturated carbocycles. The predicted molar refractivity (Wildman–Crippen MR) is 73.1 cm³/mol. The van der Waals surface area contributed by atoms with Crippen LogP contribution in [0.3, 0.4) is 0 Å². The summed E-state index contributed by atoms with van der Waals surface area (Å²) in [4.78, 5) is -0.0492. The summed E-state index contributed by atoms with van der Waals surface area (Å²) in [5.74, 6) is -0.823. The molecular weight excluding hydrogens is 291 g/mol. The van der Waals surface area contributed by atoms with E-state index in [0.29, 0.717) is 5.69 Å². The summed E-state index contributed by atoms with van der Waals surface area (Å²) in [6.45, 7) is 0. The van der Waals surface area contributed by atoms with Crippen LogP contribution in [0.25, 0.3) is 0 Å². The minimum atomic E-state index is -3.90. The second kappa shape index (κ2) is 5.07. The van der Waals surface area contributed by atoms with Crippen molar-refractivity contribution < 1.29 is 12.8 Å². The van der Waals surface area contributed by atoms with Crippen molar-refractivity contribution >= 4 is 33.0 Å². The average Bonchev–Trinajstić information content (AvgIpc) is 2.35. The summed E-state index contributed by atoms with van der Waals surface area (Å²) < 4.78 is 39.9. The number of nitrogen functional groups attached to an aromatic ring is 1. The van der Waals surface area contributed by atoms with Gasteiger partial charge in [0, 0.05) is 5.69 Å². The standard InChI is InChI=1S/C12H10ClFN2O2S/c13-10-5-2-6-11(12(10)14)16-19(17,18)9-4-1-3-8(15)7-9/h1-7,16H,15H2. The number of hydrogen-bond acceptors (Lipinski definition) is 3. The molecule has 2 aromatic rings. The van der Waals surface area contributed by atoms with Crippen molar-refractivity contribution in [1.82, 2.24) is 0 Å². The maximum Gasteiger partial charge on any atom is 0.262 e. The van der Waals surface area contributed by atoms with Crippen molar-refractivity contribution in [3.05, 3.63) is 53.3 Å². The zero-order chi connectivity index (χ0) is 14.0. The highest BCUT2D eigenvalue weighted by molar-refractivity contribution is 7.92. The van der Waals surface area contributed by atoms with Crippen LogP contribution in [0.15, 0.2) is 47.4 Å². The monoisotopic (exact) mass is 300 g/mol. The Balaban J connectivity index is 2.39. The highest BCUT2D eigenvalue weighted by Gasteiger charge is 2.17. The van der Waals surface area contributed by atoms with Gasteiger partial charge in [0.05, 0.1) is 15.6 Å². The molecule has 0 spiro atoms. The first-order chi connectivity index (χ1) is 8.90. The number of sulfonamides is 1. The van der Waals surface area contributed by atoms with Crippen LogP contribution >= 0.6 is 11.6 Å². The van der Waals surface area contributed by atoms with Gasteiger partial charge in [0.15, 0.2) is 5.82 Å². The Hall–Kier alpha value is -1.79. The van der Waals surface area contributed by atoms with Gasteiger partial charge in [0.1, 0.15) is 0 Å². The first kappa shape index (κ1) is 13.6. The minimum absolute atomic E-state index is 0.0492. The highest BCUT2D eigenvalue weighted by atomic mass is 35.5. The van der Waals surface area contributed by atoms with Crippen LogP contribution in [0.5, 0.6) is 0 Å². The molecule has 100 valence electrons. The third-order valence-electron chi connectivity index (χ3n) is 2.36. The fourth-order valence-electron chi connectivity index (χ4n) is 1.47. The van der Waals surface area contributed by atoms with E-state index < -0.39 is 15.8 Å². The molecule has 0 aliphatic heterocycles. The summed E-state index contributed by atoms with van der Waals surface area (Å²) in [5, 5.41) is -0.159. The molecule has 4 nitrogen and oxygen atoms in total. The van der Waals surface area contributed by atoms with Gasteiger partial charge in [-0.15, -0.1) is 0 Å². The zero-order valence-electron chi connectivity index (χ0n) is 9.60. The molecule has 0 heterocycles. The van der Waals surface area contributed by atoms with Crippen molar-refractivity contribution in [2.75, 3.05) is 10.5 Å². The van der Waals surface area contributed by atoms with Crippen molar-refractivity contribution in [1.29, 1.82) is 0 Å². The van der Waals surface area contributed by atoms with Gasteiger partial charge in [-0.25, -0.2) is 12.8 Å². The molecule has 0 radical (unpaired) electrons. The topological polar surface area (TPSA) is 72.2 Å². The Bertz CT molecular complexity index is 719. The Morgan fingerprint density at radius 1 is 1.16 bits per heavy atom. The molecule has 19 heavy (non-hydrogen) atoms. The number of anilines is 2. The Labute approximate surface area is 115 Å². The molecule has 0 aliphatic rings. The Morgan fingerprint density at radius 2 is 1.84 bits per heavy atom. The number of nitrogens with two attached hydrogens (primary N) is 1. The maximum atomic E-state index is 13.6. The molecule has 0 saturated heterocycles. The second-order valence-electron chi connectivity index (χ2n) is 3.78. The van der Waals surface area contributed by atoms with Crippen molar-refractivity contribution in [3.8, 4) is 0 Å². The molecule has 0 fully saturated rings. The van der Waals surface area contributed by atoms with Crippen molar-refractivity contribution in [3.63, 3.8) is 0 Å². The molecule has 0 aliphatic carbocycles. The third kappa shape index (κ3) is 2.97. The van der Waals surface area contributed by atoms with E-state index >= 15 is 0 Å². The quantitative estimate of drug-likeness (QED) is 0.856. The highest BCUT2D eigenvalue weighted by Crippen LogP contribution is 2.25. The smallest absolute Gasteiger partial charge is 0.262 e. The van der Waals surface area contributed by atoms with E-state index in [-0.39, 0.29) is 15.6 Å². The minimum Gasteiger partial charge on any atom is -0.399 e. The van der Waals surface area contributed by atoms with Gasteiger partial charge in [-0.2, -0.15) is 0 Å². The van der Waals surface area contributed by atoms with Crippen LogP contribution in [0.1, 0.15) is 0 Å². The molecule has 0 amide bonds. The third-order valence-corrected chi connectivity index (χ3v) is 4.02. The van der Waals surface area contributed by atoms with Crippen LogP contribution in [-0.4, -0.2) is 8.42 Å². The van der Waals surface area contributed by atoms with Crippen LogP contribution in [0, 0.1) is 5.82 Å². The lowest BCUT2D eigenvalue weighted by Gasteiger charge is -2.09. The fourth-order valence-corrected chi connectivity index (χ4v) is 2.76. The molecule has 3 N–H and O–H groups in total. The first-order valence-electron chi connectivity index (χ1n) is 5.22. The number of nitrogens with one attached hydrogen (secondary N) is 1. The summed E-state index contributed by atoms with van der Waals surface area (Å²) in [7, 11) is -3.90. The lowest BCUT2D eigenvalue weighted by molar-refractivity contribution is 0.598. The SMILES string of the molecule is Nc1cccc(S(=O)(=O)Nc2cccc(Cl)c2F)c1. The molecule has 0 aromatic heterocycles. The number of hydrogen-bond donors (Lipinski definition) is 2. The van der Waals surface area contributed by atoms with E-state index in [2.05, 4.69) is 4.72 Å².